The van der Waals surface area contributed by atoms with Crippen molar-refractivity contribution < 1.29 is 0 Å². The first kappa shape index (κ1) is 12.4. The van der Waals surface area contributed by atoms with Crippen LogP contribution in [0, 0.1) is 0 Å². The van der Waals surface area contributed by atoms with Crippen molar-refractivity contribution in [1.29, 1.82) is 0 Å². The van der Waals surface area contributed by atoms with E-state index in [0.717, 1.165) is 0 Å². The molecule has 0 saturated carbocycles. The number of rotatable bonds is 0. The summed E-state index contributed by atoms with van der Waals surface area (Å²) in [6.07, 6.45) is 0. The predicted molar refractivity (Wildman–Crippen MR) is 48.5 cm³/mol. The number of hydrogen-bond acceptors (Lipinski definition) is 0. The molecule has 0 aromatic heterocycles. The molecule has 0 aliphatic rings. The fraction of sp³-hybridized carbons (Fsp3) is 0.714. The van der Waals surface area contributed by atoms with Crippen molar-refractivity contribution in [1.82, 2.24) is 0 Å². The van der Waals surface area contributed by atoms with Gasteiger partial charge in [0.15, 0.2) is 0 Å². The van der Waals surface area contributed by atoms with Gasteiger partial charge in [0.1, 0.15) is 0 Å². The SMILES string of the molecule is CC(C)=C[Si].[CH3][Sn]([CH3])[CH3]. The van der Waals surface area contributed by atoms with Crippen LogP contribution in [0.25, 0.3) is 0 Å². The van der Waals surface area contributed by atoms with Crippen molar-refractivity contribution in [2.45, 2.75) is 28.7 Å². The van der Waals surface area contributed by atoms with Gasteiger partial charge in [-0.2, -0.15) is 0 Å². The van der Waals surface area contributed by atoms with Gasteiger partial charge in [-0.25, -0.2) is 0 Å². The van der Waals surface area contributed by atoms with E-state index in [1.165, 1.54) is 5.57 Å². The fourth-order valence-corrected chi connectivity index (χ4v) is 0. The third kappa shape index (κ3) is 52.6. The summed E-state index contributed by atoms with van der Waals surface area (Å²) in [5.74, 6) is 0. The molecule has 0 nitrogen and oxygen atoms in total. The maximum atomic E-state index is 3.19. The van der Waals surface area contributed by atoms with E-state index in [1.54, 1.807) is 0 Å². The molecule has 0 rings (SSSR count). The third-order valence-corrected chi connectivity index (χ3v) is 0.866. The Labute approximate surface area is 69.9 Å². The minimum atomic E-state index is -0.543. The number of hydrogen-bond donors (Lipinski definition) is 0. The molecular weight excluding hydrogens is 231 g/mol. The molecule has 0 spiro atoms. The van der Waals surface area contributed by atoms with Gasteiger partial charge in [0, 0.05) is 0 Å². The standard InChI is InChI=1S/C4H7Si.3CH3.Sn/c1-4(2)3-5;;;;/h3H,1-2H3;3*1H3;. The van der Waals surface area contributed by atoms with Crippen molar-refractivity contribution in [3.63, 3.8) is 0 Å². The molecule has 0 fully saturated rings. The summed E-state index contributed by atoms with van der Waals surface area (Å²) in [5.41, 5.74) is 3.18. The molecule has 0 bridgehead atoms. The molecule has 0 unspecified atom stereocenters. The first-order valence-corrected chi connectivity index (χ1v) is 12.2. The van der Waals surface area contributed by atoms with Crippen LogP contribution in [0.15, 0.2) is 11.3 Å². The zero-order valence-electron chi connectivity index (χ0n) is 7.08. The Balaban J connectivity index is 0. The van der Waals surface area contributed by atoms with E-state index < -0.39 is 19.8 Å². The molecule has 0 heterocycles. The summed E-state index contributed by atoms with van der Waals surface area (Å²) in [6, 6.07) is 0. The van der Waals surface area contributed by atoms with E-state index in [0.29, 0.717) is 0 Å². The second-order valence-corrected chi connectivity index (χ2v) is 11.6. The average Bonchev–Trinajstić information content (AvgIpc) is 1.65. The van der Waals surface area contributed by atoms with Crippen LogP contribution in [0.5, 0.6) is 0 Å². The van der Waals surface area contributed by atoms with Crippen LogP contribution in [-0.4, -0.2) is 30.0 Å². The summed E-state index contributed by atoms with van der Waals surface area (Å²) >= 11 is -0.543. The maximum absolute atomic E-state index is 3.19. The van der Waals surface area contributed by atoms with Gasteiger partial charge in [0.05, 0.1) is 10.2 Å². The van der Waals surface area contributed by atoms with E-state index in [4.69, 9.17) is 0 Å². The minimum absolute atomic E-state index is 0.543. The summed E-state index contributed by atoms with van der Waals surface area (Å²) < 4.78 is 0. The Morgan fingerprint density at radius 3 is 1.33 bits per heavy atom. The van der Waals surface area contributed by atoms with Crippen LogP contribution in [-0.2, 0) is 0 Å². The molecule has 52 valence electrons. The number of allylic oxidation sites excluding steroid dienone is 1. The van der Waals surface area contributed by atoms with Crippen LogP contribution in [0.2, 0.25) is 14.8 Å². The summed E-state index contributed by atoms with van der Waals surface area (Å²) in [5, 5.41) is 0. The average molecular weight is 247 g/mol. The van der Waals surface area contributed by atoms with E-state index in [9.17, 15) is 0 Å². The van der Waals surface area contributed by atoms with Gasteiger partial charge in [-0.05, 0) is 13.8 Å². The second-order valence-electron chi connectivity index (χ2n) is 2.72. The molecule has 0 N–H and O–H groups in total. The summed E-state index contributed by atoms with van der Waals surface area (Å²) in [7, 11) is 3.19. The molecule has 0 atom stereocenters. The van der Waals surface area contributed by atoms with Gasteiger partial charge in [-0.3, -0.25) is 0 Å². The van der Waals surface area contributed by atoms with E-state index in [2.05, 4.69) is 25.1 Å². The molecule has 0 aliphatic carbocycles. The van der Waals surface area contributed by atoms with Crippen LogP contribution in [0.3, 0.4) is 0 Å². The van der Waals surface area contributed by atoms with Crippen molar-refractivity contribution in [2.24, 2.45) is 0 Å². The topological polar surface area (TPSA) is 0 Å². The fourth-order valence-electron chi connectivity index (χ4n) is 0. The monoisotopic (exact) mass is 248 g/mol. The molecule has 0 amide bonds. The van der Waals surface area contributed by atoms with Crippen LogP contribution >= 0.6 is 0 Å². The van der Waals surface area contributed by atoms with Gasteiger partial charge in [0.25, 0.3) is 0 Å². The Morgan fingerprint density at radius 2 is 1.33 bits per heavy atom. The van der Waals surface area contributed by atoms with Crippen molar-refractivity contribution >= 4 is 30.0 Å². The molecular formula is C7H16SiSn. The van der Waals surface area contributed by atoms with Gasteiger partial charge in [-0.1, -0.05) is 5.57 Å². The third-order valence-electron chi connectivity index (χ3n) is 0.289. The first-order chi connectivity index (χ1) is 4.00. The predicted octanol–water partition coefficient (Wildman–Crippen LogP) is 2.45. The van der Waals surface area contributed by atoms with Gasteiger partial charge in [0.2, 0.25) is 0 Å². The van der Waals surface area contributed by atoms with Crippen LogP contribution in [0.4, 0.5) is 0 Å². The Hall–Kier alpha value is 0.756. The molecule has 2 heteroatoms. The summed E-state index contributed by atoms with van der Waals surface area (Å²) in [6.45, 7) is 4.07. The zero-order valence-corrected chi connectivity index (χ0v) is 10.9. The quantitative estimate of drug-likeness (QED) is 0.577. The zero-order chi connectivity index (χ0) is 7.86. The van der Waals surface area contributed by atoms with Crippen molar-refractivity contribution in [2.75, 3.05) is 0 Å². The van der Waals surface area contributed by atoms with E-state index in [-0.39, 0.29) is 0 Å². The van der Waals surface area contributed by atoms with Crippen LogP contribution in [0.1, 0.15) is 13.8 Å². The van der Waals surface area contributed by atoms with Gasteiger partial charge in [-0.15, -0.1) is 5.70 Å². The molecule has 0 saturated heterocycles. The first-order valence-electron chi connectivity index (χ1n) is 3.08. The second kappa shape index (κ2) is 8.76. The summed E-state index contributed by atoms with van der Waals surface area (Å²) in [4.78, 5) is 7.09. The van der Waals surface area contributed by atoms with E-state index >= 15 is 0 Å². The molecule has 0 aliphatic heterocycles. The van der Waals surface area contributed by atoms with E-state index in [1.807, 2.05) is 19.5 Å². The van der Waals surface area contributed by atoms with Gasteiger partial charge >= 0.3 is 34.6 Å². The van der Waals surface area contributed by atoms with Crippen LogP contribution < -0.4 is 0 Å². The molecule has 0 aromatic carbocycles. The Kier molecular flexibility index (Phi) is 12.1. The molecule has 9 heavy (non-hydrogen) atoms. The van der Waals surface area contributed by atoms with Crippen molar-refractivity contribution in [3.8, 4) is 0 Å². The Bertz CT molecular complexity index is 70.2. The Morgan fingerprint density at radius 1 is 1.22 bits per heavy atom. The molecule has 0 aromatic rings. The molecule has 4 radical (unpaired) electrons. The normalized spacial score (nSPS) is 7.89. The van der Waals surface area contributed by atoms with Crippen molar-refractivity contribution in [3.05, 3.63) is 11.3 Å². The van der Waals surface area contributed by atoms with Gasteiger partial charge < -0.3 is 0 Å².